The molecule has 2 aromatic carbocycles. The van der Waals surface area contributed by atoms with Crippen LogP contribution in [0.2, 0.25) is 0 Å². The van der Waals surface area contributed by atoms with E-state index >= 15 is 0 Å². The number of hydrogen-bond donors (Lipinski definition) is 0. The highest BCUT2D eigenvalue weighted by Crippen LogP contribution is 2.46. The molecule has 0 radical (unpaired) electrons. The first-order valence-corrected chi connectivity index (χ1v) is 12.1. The van der Waals surface area contributed by atoms with Crippen molar-refractivity contribution in [3.63, 3.8) is 0 Å². The quantitative estimate of drug-likeness (QED) is 0.482. The molecule has 32 heavy (non-hydrogen) atoms. The molecule has 2 aliphatic carbocycles. The molecule has 0 bridgehead atoms. The summed E-state index contributed by atoms with van der Waals surface area (Å²) in [5.74, 6) is 0.455. The van der Waals surface area contributed by atoms with Crippen LogP contribution in [-0.4, -0.2) is 24.1 Å². The summed E-state index contributed by atoms with van der Waals surface area (Å²) in [4.78, 5) is 24.9. The van der Waals surface area contributed by atoms with Gasteiger partial charge in [0.05, 0.1) is 11.1 Å². The number of esters is 2. The smallest absolute Gasteiger partial charge is 0.338 e. The van der Waals surface area contributed by atoms with Gasteiger partial charge in [0.1, 0.15) is 12.2 Å². The minimum atomic E-state index is -0.241. The molecule has 0 heterocycles. The number of aryl methyl sites for hydroxylation is 2. The second-order valence-corrected chi connectivity index (χ2v) is 8.83. The summed E-state index contributed by atoms with van der Waals surface area (Å²) >= 11 is 0. The molecular formula is C28H36O4. The molecule has 4 heteroatoms. The Morgan fingerprint density at radius 1 is 0.750 bits per heavy atom. The number of rotatable bonds is 6. The van der Waals surface area contributed by atoms with Gasteiger partial charge in [0.2, 0.25) is 0 Å². The highest BCUT2D eigenvalue weighted by molar-refractivity contribution is 5.90. The van der Waals surface area contributed by atoms with Crippen molar-refractivity contribution in [3.8, 4) is 0 Å². The van der Waals surface area contributed by atoms with E-state index in [1.807, 2.05) is 69.3 Å². The third kappa shape index (κ3) is 5.99. The molecule has 0 aliphatic heterocycles. The van der Waals surface area contributed by atoms with Crippen LogP contribution in [0.4, 0.5) is 0 Å². The van der Waals surface area contributed by atoms with Gasteiger partial charge in [-0.3, -0.25) is 0 Å². The lowest BCUT2D eigenvalue weighted by Crippen LogP contribution is -2.19. The molecule has 4 rings (SSSR count). The van der Waals surface area contributed by atoms with Gasteiger partial charge in [-0.05, 0) is 80.7 Å². The zero-order chi connectivity index (χ0) is 23.1. The van der Waals surface area contributed by atoms with Crippen molar-refractivity contribution in [2.75, 3.05) is 0 Å². The van der Waals surface area contributed by atoms with Crippen molar-refractivity contribution in [3.05, 3.63) is 70.8 Å². The molecule has 0 spiro atoms. The Labute approximate surface area is 192 Å². The highest BCUT2D eigenvalue weighted by Gasteiger charge is 2.44. The van der Waals surface area contributed by atoms with Gasteiger partial charge >= 0.3 is 11.9 Å². The summed E-state index contributed by atoms with van der Waals surface area (Å²) in [5, 5.41) is 0. The van der Waals surface area contributed by atoms with E-state index in [1.54, 1.807) is 0 Å². The zero-order valence-corrected chi connectivity index (χ0v) is 19.8. The van der Waals surface area contributed by atoms with Crippen LogP contribution in [0.3, 0.4) is 0 Å². The van der Waals surface area contributed by atoms with Crippen molar-refractivity contribution in [2.45, 2.75) is 78.4 Å². The average molecular weight is 437 g/mol. The van der Waals surface area contributed by atoms with Crippen LogP contribution in [0, 0.1) is 18.8 Å². The van der Waals surface area contributed by atoms with Crippen LogP contribution < -0.4 is 0 Å². The van der Waals surface area contributed by atoms with Crippen LogP contribution in [0.5, 0.6) is 0 Å². The SMILES string of the molecule is CC.CCCc1ccc(C(=O)OC2CC3CC(OC(=O)c4ccc(C)cc4)CC3C2)cc1. The van der Waals surface area contributed by atoms with Crippen molar-refractivity contribution in [1.29, 1.82) is 0 Å². The second-order valence-electron chi connectivity index (χ2n) is 8.83. The summed E-state index contributed by atoms with van der Waals surface area (Å²) < 4.78 is 11.5. The van der Waals surface area contributed by atoms with Gasteiger partial charge in [0.15, 0.2) is 0 Å². The lowest BCUT2D eigenvalue weighted by atomic mass is 10.0. The number of benzene rings is 2. The van der Waals surface area contributed by atoms with E-state index in [0.717, 1.165) is 44.1 Å². The zero-order valence-electron chi connectivity index (χ0n) is 19.8. The van der Waals surface area contributed by atoms with Gasteiger partial charge in [-0.1, -0.05) is 57.0 Å². The maximum absolute atomic E-state index is 12.5. The van der Waals surface area contributed by atoms with E-state index < -0.39 is 0 Å². The van der Waals surface area contributed by atoms with Crippen LogP contribution in [0.1, 0.15) is 84.7 Å². The maximum Gasteiger partial charge on any atom is 0.338 e. The summed E-state index contributed by atoms with van der Waals surface area (Å²) in [6.45, 7) is 8.14. The third-order valence-corrected chi connectivity index (χ3v) is 6.49. The van der Waals surface area contributed by atoms with Gasteiger partial charge < -0.3 is 9.47 Å². The van der Waals surface area contributed by atoms with Crippen LogP contribution >= 0.6 is 0 Å². The van der Waals surface area contributed by atoms with E-state index in [4.69, 9.17) is 9.47 Å². The normalized spacial score (nSPS) is 23.6. The first-order valence-electron chi connectivity index (χ1n) is 12.1. The Hall–Kier alpha value is -2.62. The molecule has 4 nitrogen and oxygen atoms in total. The molecule has 2 atom stereocenters. The average Bonchev–Trinajstić information content (AvgIpc) is 3.34. The molecule has 172 valence electrons. The van der Waals surface area contributed by atoms with Crippen molar-refractivity contribution in [2.24, 2.45) is 11.8 Å². The third-order valence-electron chi connectivity index (χ3n) is 6.49. The number of carbonyl (C=O) groups excluding carboxylic acids is 2. The van der Waals surface area contributed by atoms with Crippen molar-refractivity contribution >= 4 is 11.9 Å². The fourth-order valence-electron chi connectivity index (χ4n) is 4.92. The molecule has 2 aliphatic rings. The Balaban J connectivity index is 0.00000141. The number of ether oxygens (including phenoxy) is 2. The summed E-state index contributed by atoms with van der Waals surface area (Å²) in [6.07, 6.45) is 5.51. The topological polar surface area (TPSA) is 52.6 Å². The summed E-state index contributed by atoms with van der Waals surface area (Å²) in [7, 11) is 0. The summed E-state index contributed by atoms with van der Waals surface area (Å²) in [6, 6.07) is 15.2. The minimum Gasteiger partial charge on any atom is -0.459 e. The largest absolute Gasteiger partial charge is 0.459 e. The van der Waals surface area contributed by atoms with E-state index in [1.165, 1.54) is 5.56 Å². The van der Waals surface area contributed by atoms with Gasteiger partial charge in [0.25, 0.3) is 0 Å². The van der Waals surface area contributed by atoms with Gasteiger partial charge in [-0.2, -0.15) is 0 Å². The standard InChI is InChI=1S/C26H30O4.C2H6/c1-3-4-18-7-11-20(12-8-18)26(28)30-24-15-21-13-23(14-22(21)16-24)29-25(27)19-9-5-17(2)6-10-19;1-2/h5-12,21-24H,3-4,13-16H2,1-2H3;1-2H3. The van der Waals surface area contributed by atoms with E-state index in [0.29, 0.717) is 23.0 Å². The van der Waals surface area contributed by atoms with E-state index in [2.05, 4.69) is 6.92 Å². The molecule has 0 amide bonds. The lowest BCUT2D eigenvalue weighted by molar-refractivity contribution is 0.0226. The molecule has 2 aromatic rings. The van der Waals surface area contributed by atoms with Crippen LogP contribution in [-0.2, 0) is 15.9 Å². The predicted octanol–water partition coefficient (Wildman–Crippen LogP) is 6.54. The monoisotopic (exact) mass is 436 g/mol. The number of carbonyl (C=O) groups is 2. The molecule has 0 N–H and O–H groups in total. The van der Waals surface area contributed by atoms with E-state index in [9.17, 15) is 9.59 Å². The van der Waals surface area contributed by atoms with Gasteiger partial charge in [0, 0.05) is 0 Å². The Morgan fingerprint density at radius 2 is 1.16 bits per heavy atom. The number of fused-ring (bicyclic) bond motifs is 1. The van der Waals surface area contributed by atoms with Crippen molar-refractivity contribution < 1.29 is 19.1 Å². The van der Waals surface area contributed by atoms with Crippen LogP contribution in [0.25, 0.3) is 0 Å². The first-order chi connectivity index (χ1) is 15.5. The predicted molar refractivity (Wildman–Crippen MR) is 127 cm³/mol. The lowest BCUT2D eigenvalue weighted by Gasteiger charge is -2.17. The second kappa shape index (κ2) is 11.3. The Bertz CT molecular complexity index is 871. The molecule has 0 saturated heterocycles. The van der Waals surface area contributed by atoms with Gasteiger partial charge in [-0.15, -0.1) is 0 Å². The van der Waals surface area contributed by atoms with Crippen molar-refractivity contribution in [1.82, 2.24) is 0 Å². The van der Waals surface area contributed by atoms with E-state index in [-0.39, 0.29) is 24.1 Å². The fourth-order valence-corrected chi connectivity index (χ4v) is 4.92. The fraction of sp³-hybridized carbons (Fsp3) is 0.500. The Morgan fingerprint density at radius 3 is 1.56 bits per heavy atom. The minimum absolute atomic E-state index is 0.0310. The molecule has 2 saturated carbocycles. The Kier molecular flexibility index (Phi) is 8.49. The summed E-state index contributed by atoms with van der Waals surface area (Å²) in [5.41, 5.74) is 3.60. The van der Waals surface area contributed by atoms with Gasteiger partial charge in [-0.25, -0.2) is 9.59 Å². The molecular weight excluding hydrogens is 400 g/mol. The highest BCUT2D eigenvalue weighted by atomic mass is 16.5. The number of hydrogen-bond acceptors (Lipinski definition) is 4. The first kappa shape index (κ1) is 24.0. The van der Waals surface area contributed by atoms with Crippen LogP contribution in [0.15, 0.2) is 48.5 Å². The molecule has 0 aromatic heterocycles. The maximum atomic E-state index is 12.5. The molecule has 2 unspecified atom stereocenters. The molecule has 2 fully saturated rings.